The van der Waals surface area contributed by atoms with E-state index in [0.717, 1.165) is 32.4 Å². The molecule has 2 aliphatic heterocycles. The number of amides is 2. The lowest BCUT2D eigenvalue weighted by molar-refractivity contribution is -0.148. The molecule has 2 saturated heterocycles. The largest absolute Gasteiger partial charge is 0.444 e. The predicted molar refractivity (Wildman–Crippen MR) is 96.3 cm³/mol. The molecule has 3 aliphatic rings. The molecule has 6 heteroatoms. The summed E-state index contributed by atoms with van der Waals surface area (Å²) in [6.07, 6.45) is 4.52. The molecule has 6 nitrogen and oxygen atoms in total. The van der Waals surface area contributed by atoms with Crippen molar-refractivity contribution in [1.82, 2.24) is 15.1 Å². The molecule has 3 fully saturated rings. The maximum atomic E-state index is 13.3. The zero-order valence-corrected chi connectivity index (χ0v) is 16.1. The Hall–Kier alpha value is -1.30. The summed E-state index contributed by atoms with van der Waals surface area (Å²) in [4.78, 5) is 29.6. The van der Waals surface area contributed by atoms with Crippen molar-refractivity contribution in [2.45, 2.75) is 77.0 Å². The molecule has 0 aromatic heterocycles. The van der Waals surface area contributed by atoms with Crippen LogP contribution in [0.1, 0.15) is 59.8 Å². The predicted octanol–water partition coefficient (Wildman–Crippen LogP) is 2.38. The minimum Gasteiger partial charge on any atom is -0.444 e. The van der Waals surface area contributed by atoms with Gasteiger partial charge >= 0.3 is 6.09 Å². The molecule has 142 valence electrons. The van der Waals surface area contributed by atoms with E-state index in [4.69, 9.17) is 4.74 Å². The Kier molecular flexibility index (Phi) is 5.02. The number of hydrogen-bond donors (Lipinski definition) is 1. The van der Waals surface area contributed by atoms with E-state index < -0.39 is 11.1 Å². The molecule has 0 bridgehead atoms. The van der Waals surface area contributed by atoms with Gasteiger partial charge in [0.1, 0.15) is 11.1 Å². The van der Waals surface area contributed by atoms with Crippen LogP contribution in [0.3, 0.4) is 0 Å². The first-order chi connectivity index (χ1) is 11.8. The molecule has 2 heterocycles. The van der Waals surface area contributed by atoms with Gasteiger partial charge in [0.05, 0.1) is 0 Å². The summed E-state index contributed by atoms with van der Waals surface area (Å²) in [7, 11) is 0. The van der Waals surface area contributed by atoms with Gasteiger partial charge in [-0.15, -0.1) is 0 Å². The van der Waals surface area contributed by atoms with Crippen LogP contribution >= 0.6 is 0 Å². The molecule has 1 saturated carbocycles. The second-order valence-electron chi connectivity index (χ2n) is 8.74. The maximum absolute atomic E-state index is 13.3. The SMILES string of the molecule is CCC(C1CCCNC1)N1CCN(C(=O)OC(C)(C)C)C2(CC2)C1=O. The molecule has 25 heavy (non-hydrogen) atoms. The number of nitrogens with one attached hydrogen (secondary N) is 1. The summed E-state index contributed by atoms with van der Waals surface area (Å²) in [5.74, 6) is 0.661. The van der Waals surface area contributed by atoms with Crippen molar-refractivity contribution in [3.63, 3.8) is 0 Å². The Labute approximate surface area is 151 Å². The molecule has 2 unspecified atom stereocenters. The van der Waals surface area contributed by atoms with Crippen LogP contribution in [0.5, 0.6) is 0 Å². The topological polar surface area (TPSA) is 61.9 Å². The van der Waals surface area contributed by atoms with Gasteiger partial charge in [0.25, 0.3) is 0 Å². The molecule has 0 aromatic carbocycles. The molecule has 2 atom stereocenters. The lowest BCUT2D eigenvalue weighted by Crippen LogP contribution is -2.64. The summed E-state index contributed by atoms with van der Waals surface area (Å²) in [5, 5.41) is 3.47. The second-order valence-corrected chi connectivity index (χ2v) is 8.74. The lowest BCUT2D eigenvalue weighted by Gasteiger charge is -2.46. The summed E-state index contributed by atoms with van der Waals surface area (Å²) in [6, 6.07) is 0.276. The highest BCUT2D eigenvalue weighted by molar-refractivity contribution is 5.94. The summed E-state index contributed by atoms with van der Waals surface area (Å²) in [6.45, 7) is 11.0. The van der Waals surface area contributed by atoms with E-state index in [-0.39, 0.29) is 18.0 Å². The molecule has 1 N–H and O–H groups in total. The van der Waals surface area contributed by atoms with E-state index in [1.54, 1.807) is 4.90 Å². The molecule has 1 spiro atoms. The average Bonchev–Trinajstić information content (AvgIpc) is 3.33. The number of piperazine rings is 1. The number of nitrogens with zero attached hydrogens (tertiary/aromatic N) is 2. The second kappa shape index (κ2) is 6.78. The van der Waals surface area contributed by atoms with Crippen LogP contribution in [0.15, 0.2) is 0 Å². The number of piperidine rings is 1. The van der Waals surface area contributed by atoms with Gasteiger partial charge in [0.2, 0.25) is 5.91 Å². The minimum absolute atomic E-state index is 0.141. The van der Waals surface area contributed by atoms with E-state index in [9.17, 15) is 9.59 Å². The highest BCUT2D eigenvalue weighted by Gasteiger charge is 2.61. The van der Waals surface area contributed by atoms with Crippen LogP contribution < -0.4 is 5.32 Å². The highest BCUT2D eigenvalue weighted by Crippen LogP contribution is 2.47. The first-order valence-electron chi connectivity index (χ1n) is 9.81. The molecule has 0 aromatic rings. The number of carbonyl (C=O) groups is 2. The van der Waals surface area contributed by atoms with E-state index in [1.807, 2.05) is 20.8 Å². The molecule has 2 amide bonds. The smallest absolute Gasteiger partial charge is 0.411 e. The monoisotopic (exact) mass is 351 g/mol. The van der Waals surface area contributed by atoms with Crippen molar-refractivity contribution < 1.29 is 14.3 Å². The summed E-state index contributed by atoms with van der Waals surface area (Å²) in [5.41, 5.74) is -1.16. The van der Waals surface area contributed by atoms with Crippen molar-refractivity contribution in [3.05, 3.63) is 0 Å². The van der Waals surface area contributed by atoms with Gasteiger partial charge in [-0.1, -0.05) is 6.92 Å². The Morgan fingerprint density at radius 3 is 2.60 bits per heavy atom. The first-order valence-corrected chi connectivity index (χ1v) is 9.81. The summed E-state index contributed by atoms with van der Waals surface area (Å²) >= 11 is 0. The van der Waals surface area contributed by atoms with Crippen molar-refractivity contribution in [2.75, 3.05) is 26.2 Å². The normalized spacial score (nSPS) is 27.4. The van der Waals surface area contributed by atoms with E-state index in [2.05, 4.69) is 17.1 Å². The van der Waals surface area contributed by atoms with Gasteiger partial charge in [-0.25, -0.2) is 4.79 Å². The molecule has 3 rings (SSSR count). The molecule has 0 radical (unpaired) electrons. The molecular formula is C19H33N3O3. The van der Waals surface area contributed by atoms with E-state index in [0.29, 0.717) is 19.0 Å². The van der Waals surface area contributed by atoms with Gasteiger partial charge in [-0.3, -0.25) is 9.69 Å². The first kappa shape index (κ1) is 18.5. The van der Waals surface area contributed by atoms with Gasteiger partial charge in [-0.05, 0) is 71.9 Å². The Morgan fingerprint density at radius 2 is 2.08 bits per heavy atom. The fourth-order valence-corrected chi connectivity index (χ4v) is 4.42. The number of carbonyl (C=O) groups excluding carboxylic acids is 2. The minimum atomic E-state index is -0.629. The fourth-order valence-electron chi connectivity index (χ4n) is 4.42. The van der Waals surface area contributed by atoms with E-state index >= 15 is 0 Å². The van der Waals surface area contributed by atoms with Crippen LogP contribution in [-0.4, -0.2) is 65.2 Å². The van der Waals surface area contributed by atoms with Crippen molar-refractivity contribution in [2.24, 2.45) is 5.92 Å². The third kappa shape index (κ3) is 3.64. The van der Waals surface area contributed by atoms with Gasteiger partial charge in [-0.2, -0.15) is 0 Å². The third-order valence-corrected chi connectivity index (χ3v) is 5.78. The molecule has 1 aliphatic carbocycles. The van der Waals surface area contributed by atoms with Crippen LogP contribution in [0.25, 0.3) is 0 Å². The van der Waals surface area contributed by atoms with Gasteiger partial charge in [0, 0.05) is 19.1 Å². The molecular weight excluding hydrogens is 318 g/mol. The van der Waals surface area contributed by atoms with Crippen molar-refractivity contribution in [1.29, 1.82) is 0 Å². The van der Waals surface area contributed by atoms with Crippen molar-refractivity contribution in [3.8, 4) is 0 Å². The van der Waals surface area contributed by atoms with Crippen LogP contribution in [0.2, 0.25) is 0 Å². The highest BCUT2D eigenvalue weighted by atomic mass is 16.6. The van der Waals surface area contributed by atoms with Crippen LogP contribution in [0, 0.1) is 5.92 Å². The average molecular weight is 351 g/mol. The summed E-state index contributed by atoms with van der Waals surface area (Å²) < 4.78 is 5.55. The number of ether oxygens (including phenoxy) is 1. The number of rotatable bonds is 3. The van der Waals surface area contributed by atoms with Crippen molar-refractivity contribution >= 4 is 12.0 Å². The van der Waals surface area contributed by atoms with Crippen LogP contribution in [0.4, 0.5) is 4.79 Å². The fraction of sp³-hybridized carbons (Fsp3) is 0.895. The Morgan fingerprint density at radius 1 is 1.36 bits per heavy atom. The zero-order valence-electron chi connectivity index (χ0n) is 16.1. The Bertz CT molecular complexity index is 518. The maximum Gasteiger partial charge on any atom is 0.411 e. The number of hydrogen-bond acceptors (Lipinski definition) is 4. The van der Waals surface area contributed by atoms with Crippen LogP contribution in [-0.2, 0) is 9.53 Å². The van der Waals surface area contributed by atoms with Gasteiger partial charge in [0.15, 0.2) is 0 Å². The Balaban J connectivity index is 1.73. The lowest BCUT2D eigenvalue weighted by atomic mass is 9.88. The van der Waals surface area contributed by atoms with Gasteiger partial charge < -0.3 is 15.0 Å². The zero-order chi connectivity index (χ0) is 18.2. The van der Waals surface area contributed by atoms with E-state index in [1.165, 1.54) is 12.8 Å². The third-order valence-electron chi connectivity index (χ3n) is 5.78. The quantitative estimate of drug-likeness (QED) is 0.848. The standard InChI is InChI=1S/C19H33N3O3/c1-5-15(14-7-6-10-20-13-14)21-11-12-22(17(24)25-18(2,3)4)19(8-9-19)16(21)23/h14-15,20H,5-13H2,1-4H3.